The predicted octanol–water partition coefficient (Wildman–Crippen LogP) is -1.07. The van der Waals surface area contributed by atoms with Crippen LogP contribution in [0.1, 0.15) is 6.42 Å². The summed E-state index contributed by atoms with van der Waals surface area (Å²) in [6.45, 7) is 3.22. The van der Waals surface area contributed by atoms with Crippen molar-refractivity contribution < 1.29 is 9.53 Å². The first-order valence-corrected chi connectivity index (χ1v) is 4.11. The van der Waals surface area contributed by atoms with Gasteiger partial charge in [-0.05, 0) is 18.9 Å². The van der Waals surface area contributed by atoms with Crippen molar-refractivity contribution in [1.29, 1.82) is 0 Å². The molecule has 3 atom stereocenters. The first-order valence-electron chi connectivity index (χ1n) is 4.11. The van der Waals surface area contributed by atoms with Crippen molar-refractivity contribution in [3.8, 4) is 0 Å². The van der Waals surface area contributed by atoms with Gasteiger partial charge >= 0.3 is 5.97 Å². The molecule has 0 amide bonds. The highest BCUT2D eigenvalue weighted by Crippen LogP contribution is 2.33. The third-order valence-electron chi connectivity index (χ3n) is 2.84. The maximum atomic E-state index is 11.2. The molecule has 3 unspecified atom stereocenters. The molecule has 0 aromatic carbocycles. The minimum atomic E-state index is -0.0165. The van der Waals surface area contributed by atoms with Gasteiger partial charge in [-0.15, -0.1) is 0 Å². The zero-order valence-corrected chi connectivity index (χ0v) is 6.75. The normalized spacial score (nSPS) is 37.6. The standard InChI is InChI=1S/C8H13NO2.BH3/c1-11-8(10)7-5-9-3-2-6(7)4-9;/h6-7H,2-5H2,1H3;1H3. The summed E-state index contributed by atoms with van der Waals surface area (Å²) in [4.78, 5) is 13.5. The molecular weight excluding hydrogens is 153 g/mol. The molecule has 0 N–H and O–H groups in total. The van der Waals surface area contributed by atoms with Gasteiger partial charge in [-0.25, -0.2) is 0 Å². The summed E-state index contributed by atoms with van der Waals surface area (Å²) >= 11 is 0. The molecular formula is C8H16BNO2. The molecule has 2 heterocycles. The zero-order valence-electron chi connectivity index (χ0n) is 6.75. The second kappa shape index (κ2) is 3.48. The number of carbonyl (C=O) groups excluding carboxylic acids is 1. The van der Waals surface area contributed by atoms with E-state index in [1.807, 2.05) is 0 Å². The van der Waals surface area contributed by atoms with Crippen molar-refractivity contribution in [3.05, 3.63) is 0 Å². The van der Waals surface area contributed by atoms with E-state index in [-0.39, 0.29) is 20.3 Å². The molecule has 68 valence electrons. The molecule has 0 spiro atoms. The van der Waals surface area contributed by atoms with Gasteiger partial charge in [-0.1, -0.05) is 0 Å². The van der Waals surface area contributed by atoms with Crippen LogP contribution in [0.4, 0.5) is 0 Å². The highest BCUT2D eigenvalue weighted by atomic mass is 16.5. The number of methoxy groups -OCH3 is 1. The Morgan fingerprint density at radius 3 is 2.67 bits per heavy atom. The Balaban J connectivity index is 0.000000720. The second-order valence-electron chi connectivity index (χ2n) is 3.44. The van der Waals surface area contributed by atoms with Crippen LogP contribution >= 0.6 is 0 Å². The molecule has 2 aliphatic rings. The Morgan fingerprint density at radius 1 is 1.50 bits per heavy atom. The van der Waals surface area contributed by atoms with Gasteiger partial charge in [0.1, 0.15) is 0 Å². The number of nitrogens with zero attached hydrogens (tertiary/aromatic N) is 1. The molecule has 2 bridgehead atoms. The molecule has 2 saturated heterocycles. The summed E-state index contributed by atoms with van der Waals surface area (Å²) in [5.41, 5.74) is 0. The van der Waals surface area contributed by atoms with E-state index in [4.69, 9.17) is 4.74 Å². The maximum absolute atomic E-state index is 11.2. The number of rotatable bonds is 1. The lowest BCUT2D eigenvalue weighted by molar-refractivity contribution is -0.146. The van der Waals surface area contributed by atoms with Gasteiger partial charge in [-0.3, -0.25) is 4.79 Å². The van der Waals surface area contributed by atoms with E-state index >= 15 is 0 Å². The van der Waals surface area contributed by atoms with E-state index < -0.39 is 0 Å². The summed E-state index contributed by atoms with van der Waals surface area (Å²) in [5, 5.41) is 0. The fourth-order valence-corrected chi connectivity index (χ4v) is 2.20. The van der Waals surface area contributed by atoms with Crippen LogP contribution in [0.3, 0.4) is 0 Å². The first-order chi connectivity index (χ1) is 5.31. The summed E-state index contributed by atoms with van der Waals surface area (Å²) in [6.07, 6.45) is 1.18. The van der Waals surface area contributed by atoms with Crippen LogP contribution in [0.2, 0.25) is 0 Å². The van der Waals surface area contributed by atoms with E-state index in [0.717, 1.165) is 13.1 Å². The van der Waals surface area contributed by atoms with Crippen LogP contribution in [0, 0.1) is 11.8 Å². The molecule has 0 aromatic rings. The van der Waals surface area contributed by atoms with E-state index in [2.05, 4.69) is 4.90 Å². The van der Waals surface area contributed by atoms with Gasteiger partial charge < -0.3 is 9.64 Å². The number of esters is 1. The van der Waals surface area contributed by atoms with E-state index in [9.17, 15) is 4.79 Å². The molecule has 12 heavy (non-hydrogen) atoms. The summed E-state index contributed by atoms with van der Waals surface area (Å²) in [7, 11) is 1.48. The number of ether oxygens (including phenoxy) is 1. The Kier molecular flexibility index (Phi) is 2.78. The number of piperidine rings is 1. The lowest BCUT2D eigenvalue weighted by atomic mass is 9.93. The van der Waals surface area contributed by atoms with Gasteiger partial charge in [0, 0.05) is 13.1 Å². The number of hydrogen-bond donors (Lipinski definition) is 0. The Hall–Kier alpha value is -0.505. The van der Waals surface area contributed by atoms with E-state index in [0.29, 0.717) is 5.92 Å². The van der Waals surface area contributed by atoms with E-state index in [1.54, 1.807) is 0 Å². The minimum Gasteiger partial charge on any atom is -0.469 e. The second-order valence-corrected chi connectivity index (χ2v) is 3.44. The molecule has 2 fully saturated rings. The number of hydrogen-bond acceptors (Lipinski definition) is 3. The Morgan fingerprint density at radius 2 is 2.25 bits per heavy atom. The average molecular weight is 169 g/mol. The fourth-order valence-electron chi connectivity index (χ4n) is 2.20. The van der Waals surface area contributed by atoms with Crippen molar-refractivity contribution in [2.75, 3.05) is 26.7 Å². The third kappa shape index (κ3) is 1.35. The highest BCUT2D eigenvalue weighted by Gasteiger charge is 2.42. The van der Waals surface area contributed by atoms with Crippen molar-refractivity contribution in [2.45, 2.75) is 6.42 Å². The zero-order chi connectivity index (χ0) is 7.84. The lowest BCUT2D eigenvalue weighted by Crippen LogP contribution is -2.30. The van der Waals surface area contributed by atoms with Crippen LogP contribution in [0.25, 0.3) is 0 Å². The van der Waals surface area contributed by atoms with Gasteiger partial charge in [-0.2, -0.15) is 0 Å². The monoisotopic (exact) mass is 169 g/mol. The molecule has 0 radical (unpaired) electrons. The Labute approximate surface area is 74.6 Å². The number of carbonyl (C=O) groups is 1. The predicted molar refractivity (Wildman–Crippen MR) is 50.0 cm³/mol. The SMILES string of the molecule is B.COC(=O)C1CN2CCC1C2. The van der Waals surface area contributed by atoms with Gasteiger partial charge in [0.05, 0.1) is 21.4 Å². The Bertz CT molecular complexity index is 186. The van der Waals surface area contributed by atoms with Crippen molar-refractivity contribution in [3.63, 3.8) is 0 Å². The minimum absolute atomic E-state index is 0. The molecule has 2 rings (SSSR count). The van der Waals surface area contributed by atoms with Crippen LogP contribution in [-0.2, 0) is 9.53 Å². The van der Waals surface area contributed by atoms with Crippen molar-refractivity contribution >= 4 is 14.4 Å². The third-order valence-corrected chi connectivity index (χ3v) is 2.84. The molecule has 0 saturated carbocycles. The molecule has 4 heteroatoms. The van der Waals surface area contributed by atoms with Crippen LogP contribution in [0.15, 0.2) is 0 Å². The van der Waals surface area contributed by atoms with Crippen LogP contribution in [-0.4, -0.2) is 46.0 Å². The van der Waals surface area contributed by atoms with Gasteiger partial charge in [0.25, 0.3) is 0 Å². The van der Waals surface area contributed by atoms with Crippen LogP contribution in [0.5, 0.6) is 0 Å². The molecule has 0 aliphatic carbocycles. The van der Waals surface area contributed by atoms with E-state index in [1.165, 1.54) is 20.1 Å². The smallest absolute Gasteiger partial charge is 0.310 e. The van der Waals surface area contributed by atoms with Gasteiger partial charge in [0.15, 0.2) is 0 Å². The fraction of sp³-hybridized carbons (Fsp3) is 0.875. The maximum Gasteiger partial charge on any atom is 0.310 e. The quantitative estimate of drug-likeness (QED) is 0.369. The summed E-state index contributed by atoms with van der Waals surface area (Å²) < 4.78 is 4.72. The number of fused-ring (bicyclic) bond motifs is 2. The average Bonchev–Trinajstić information content (AvgIpc) is 2.62. The van der Waals surface area contributed by atoms with Crippen molar-refractivity contribution in [2.24, 2.45) is 11.8 Å². The topological polar surface area (TPSA) is 29.5 Å². The molecule has 2 aliphatic heterocycles. The largest absolute Gasteiger partial charge is 0.469 e. The molecule has 3 nitrogen and oxygen atoms in total. The van der Waals surface area contributed by atoms with Crippen LogP contribution < -0.4 is 0 Å². The lowest BCUT2D eigenvalue weighted by Gasteiger charge is -2.19. The van der Waals surface area contributed by atoms with Crippen molar-refractivity contribution in [1.82, 2.24) is 4.90 Å². The summed E-state index contributed by atoms with van der Waals surface area (Å²) in [6, 6.07) is 0. The highest BCUT2D eigenvalue weighted by molar-refractivity contribution is 5.75. The summed E-state index contributed by atoms with van der Waals surface area (Å²) in [5.74, 6) is 0.744. The molecule has 0 aromatic heterocycles. The first kappa shape index (κ1) is 9.58. The van der Waals surface area contributed by atoms with Gasteiger partial charge in [0.2, 0.25) is 0 Å².